The van der Waals surface area contributed by atoms with Crippen LogP contribution in [0.1, 0.15) is 71.6 Å². The number of alkyl halides is 1. The van der Waals surface area contributed by atoms with Gasteiger partial charge in [0.15, 0.2) is 17.3 Å². The number of aliphatic hydroxyl groups is 1. The minimum atomic E-state index is -1.20. The minimum Gasteiger partial charge on any atom is -0.483 e. The van der Waals surface area contributed by atoms with Gasteiger partial charge in [0.2, 0.25) is 0 Å². The fourth-order valence-corrected chi connectivity index (χ4v) is 8.35. The van der Waals surface area contributed by atoms with E-state index in [1.807, 2.05) is 6.92 Å². The molecule has 4 saturated carbocycles. The van der Waals surface area contributed by atoms with E-state index in [1.54, 1.807) is 0 Å². The number of benzene rings is 1. The molecule has 5 rings (SSSR count). The van der Waals surface area contributed by atoms with E-state index in [9.17, 15) is 18.7 Å². The maximum Gasteiger partial charge on any atom is 0.173 e. The molecule has 0 unspecified atom stereocenters. The molecule has 8 atom stereocenters. The van der Waals surface area contributed by atoms with Crippen LogP contribution in [0.2, 0.25) is 0 Å². The average Bonchev–Trinajstić information content (AvgIpc) is 3.10. The highest BCUT2D eigenvalue weighted by Gasteiger charge is 2.63. The van der Waals surface area contributed by atoms with Crippen molar-refractivity contribution in [2.24, 2.45) is 35.0 Å². The van der Waals surface area contributed by atoms with Crippen LogP contribution in [0.5, 0.6) is 5.75 Å². The lowest BCUT2D eigenvalue weighted by molar-refractivity contribution is -0.166. The van der Waals surface area contributed by atoms with E-state index >= 15 is 4.39 Å². The van der Waals surface area contributed by atoms with Crippen LogP contribution < -0.4 is 4.74 Å². The number of ether oxygens (including phenoxy) is 1. The van der Waals surface area contributed by atoms with E-state index in [2.05, 4.69) is 6.92 Å². The summed E-state index contributed by atoms with van der Waals surface area (Å²) in [5, 5.41) is 10.5. The molecule has 0 amide bonds. The van der Waals surface area contributed by atoms with E-state index in [1.165, 1.54) is 6.07 Å². The zero-order chi connectivity index (χ0) is 23.6. The van der Waals surface area contributed by atoms with Gasteiger partial charge in [-0.05, 0) is 106 Å². The smallest absolute Gasteiger partial charge is 0.173 e. The van der Waals surface area contributed by atoms with Crippen molar-refractivity contribution >= 4 is 5.78 Å². The molecule has 0 aliphatic heterocycles. The Kier molecular flexibility index (Phi) is 5.62. The fraction of sp³-hybridized carbons (Fsp3) is 0.741. The van der Waals surface area contributed by atoms with Crippen molar-refractivity contribution in [3.8, 4) is 5.75 Å². The number of carbonyl (C=O) groups is 1. The second-order valence-electron chi connectivity index (χ2n) is 11.8. The molecule has 1 N–H and O–H groups in total. The fourth-order valence-electron chi connectivity index (χ4n) is 8.35. The highest BCUT2D eigenvalue weighted by Crippen LogP contribution is 2.66. The molecule has 0 bridgehead atoms. The number of halogens is 3. The Morgan fingerprint density at radius 1 is 1.06 bits per heavy atom. The van der Waals surface area contributed by atoms with Gasteiger partial charge < -0.3 is 9.84 Å². The van der Waals surface area contributed by atoms with Gasteiger partial charge in [0.1, 0.15) is 18.1 Å². The zero-order valence-corrected chi connectivity index (χ0v) is 19.6. The Bertz CT molecular complexity index is 933. The summed E-state index contributed by atoms with van der Waals surface area (Å²) in [5.74, 6) is -1.28. The molecule has 182 valence electrons. The Labute approximate surface area is 194 Å². The van der Waals surface area contributed by atoms with E-state index in [4.69, 9.17) is 4.74 Å². The van der Waals surface area contributed by atoms with E-state index in [-0.39, 0.29) is 47.2 Å². The topological polar surface area (TPSA) is 46.5 Å². The number of hydrogen-bond acceptors (Lipinski definition) is 3. The van der Waals surface area contributed by atoms with Crippen LogP contribution in [0.3, 0.4) is 0 Å². The van der Waals surface area contributed by atoms with Gasteiger partial charge in [0, 0.05) is 12.0 Å². The summed E-state index contributed by atoms with van der Waals surface area (Å²) in [5.41, 5.74) is -2.14. The highest BCUT2D eigenvalue weighted by atomic mass is 19.1. The lowest BCUT2D eigenvalue weighted by atomic mass is 9.48. The van der Waals surface area contributed by atoms with Crippen molar-refractivity contribution in [2.75, 3.05) is 6.61 Å². The molecular weight excluding hydrogens is 429 g/mol. The van der Waals surface area contributed by atoms with Crippen molar-refractivity contribution in [3.63, 3.8) is 0 Å². The highest BCUT2D eigenvalue weighted by molar-refractivity contribution is 5.83. The summed E-state index contributed by atoms with van der Waals surface area (Å²) < 4.78 is 48.9. The molecule has 4 aliphatic rings. The molecule has 4 fully saturated rings. The van der Waals surface area contributed by atoms with Gasteiger partial charge in [0.05, 0.1) is 5.60 Å². The molecule has 0 heterocycles. The molecule has 4 aliphatic carbocycles. The maximum atomic E-state index is 16.4. The molecule has 0 aromatic heterocycles. The second kappa shape index (κ2) is 8.00. The summed E-state index contributed by atoms with van der Waals surface area (Å²) >= 11 is 0. The van der Waals surface area contributed by atoms with E-state index < -0.39 is 22.9 Å². The normalized spacial score (nSPS) is 44.5. The van der Waals surface area contributed by atoms with Gasteiger partial charge in [-0.1, -0.05) is 6.92 Å². The van der Waals surface area contributed by atoms with Crippen molar-refractivity contribution in [1.82, 2.24) is 0 Å². The molecule has 6 heteroatoms. The number of rotatable bonds is 4. The number of hydrogen-bond donors (Lipinski definition) is 1. The van der Waals surface area contributed by atoms with E-state index in [0.717, 1.165) is 50.7 Å². The summed E-state index contributed by atoms with van der Waals surface area (Å²) in [7, 11) is 0. The first-order chi connectivity index (χ1) is 15.5. The molecule has 0 radical (unpaired) electrons. The molecule has 3 nitrogen and oxygen atoms in total. The van der Waals surface area contributed by atoms with Crippen molar-refractivity contribution in [3.05, 3.63) is 29.8 Å². The summed E-state index contributed by atoms with van der Waals surface area (Å²) in [6, 6.07) is 3.08. The summed E-state index contributed by atoms with van der Waals surface area (Å²) in [4.78, 5) is 13.2. The minimum absolute atomic E-state index is 0.0174. The van der Waals surface area contributed by atoms with Crippen molar-refractivity contribution < 1.29 is 27.8 Å². The monoisotopic (exact) mass is 464 g/mol. The van der Waals surface area contributed by atoms with Gasteiger partial charge in [-0.2, -0.15) is 0 Å². The lowest BCUT2D eigenvalue weighted by Gasteiger charge is -2.59. The third-order valence-corrected chi connectivity index (χ3v) is 9.97. The third kappa shape index (κ3) is 3.81. The SMILES string of the molecule is C[C@@]1(O)CC[C@@]2(F)[C@H](CC[C@H]3[C@@H]4CC[C@H](C(=O)COc5ccc(F)cc5F)[C@@]4(C)CC[C@@H]32)C1. The van der Waals surface area contributed by atoms with Gasteiger partial charge in [0.25, 0.3) is 0 Å². The largest absolute Gasteiger partial charge is 0.483 e. The van der Waals surface area contributed by atoms with Crippen LogP contribution in [-0.2, 0) is 4.79 Å². The summed E-state index contributed by atoms with van der Waals surface area (Å²) in [6.45, 7) is 3.79. The molecule has 0 spiro atoms. The predicted molar refractivity (Wildman–Crippen MR) is 118 cm³/mol. The first kappa shape index (κ1) is 23.2. The standard InChI is InChI=1S/C27H35F3O3/c1-25(32)11-12-27(30)16(14-25)3-5-18-19-6-7-21(26(19,2)10-9-20(18)27)23(31)15-33-24-8-4-17(28)13-22(24)29/h4,8,13,16,18-21,32H,3,5-7,9-12,14-15H2,1-2H3/t16-,18+,19+,20+,21-,25-,26+,27-/m1/s1. The second-order valence-corrected chi connectivity index (χ2v) is 11.8. The molecule has 1 aromatic carbocycles. The third-order valence-electron chi connectivity index (χ3n) is 9.97. The Balaban J connectivity index is 1.29. The van der Waals surface area contributed by atoms with Crippen LogP contribution in [0.4, 0.5) is 13.2 Å². The Morgan fingerprint density at radius 2 is 1.85 bits per heavy atom. The number of ketones is 1. The van der Waals surface area contributed by atoms with Crippen LogP contribution in [-0.4, -0.2) is 28.8 Å². The lowest BCUT2D eigenvalue weighted by Crippen LogP contribution is -2.58. The average molecular weight is 465 g/mol. The van der Waals surface area contributed by atoms with Crippen LogP contribution in [0, 0.1) is 46.6 Å². The predicted octanol–water partition coefficient (Wildman–Crippen LogP) is 6.02. The zero-order valence-electron chi connectivity index (χ0n) is 19.6. The van der Waals surface area contributed by atoms with Crippen molar-refractivity contribution in [1.29, 1.82) is 0 Å². The molecule has 33 heavy (non-hydrogen) atoms. The van der Waals surface area contributed by atoms with Crippen LogP contribution in [0.15, 0.2) is 18.2 Å². The van der Waals surface area contributed by atoms with E-state index in [0.29, 0.717) is 25.2 Å². The van der Waals surface area contributed by atoms with Crippen molar-refractivity contribution in [2.45, 2.75) is 82.9 Å². The van der Waals surface area contributed by atoms with Crippen LogP contribution in [0.25, 0.3) is 0 Å². The quantitative estimate of drug-likeness (QED) is 0.592. The number of fused-ring (bicyclic) bond motifs is 5. The Hall–Kier alpha value is -1.56. The number of Topliss-reactive ketones (excluding diaryl/α,β-unsaturated/α-hetero) is 1. The maximum absolute atomic E-state index is 16.4. The van der Waals surface area contributed by atoms with Gasteiger partial charge in [-0.15, -0.1) is 0 Å². The van der Waals surface area contributed by atoms with Gasteiger partial charge >= 0.3 is 0 Å². The first-order valence-electron chi connectivity index (χ1n) is 12.6. The number of carbonyl (C=O) groups excluding carboxylic acids is 1. The Morgan fingerprint density at radius 3 is 2.61 bits per heavy atom. The molecule has 0 saturated heterocycles. The van der Waals surface area contributed by atoms with Gasteiger partial charge in [-0.3, -0.25) is 4.79 Å². The molecule has 1 aromatic rings. The molecular formula is C27H35F3O3. The summed E-state index contributed by atoms with van der Waals surface area (Å²) in [6.07, 6.45) is 6.55. The first-order valence-corrected chi connectivity index (χ1v) is 12.6. The van der Waals surface area contributed by atoms with Gasteiger partial charge in [-0.25, -0.2) is 13.2 Å². The van der Waals surface area contributed by atoms with Crippen LogP contribution >= 0.6 is 0 Å².